The summed E-state index contributed by atoms with van der Waals surface area (Å²) in [7, 11) is 0. The Morgan fingerprint density at radius 1 is 1.07 bits per heavy atom. The molecule has 6 nitrogen and oxygen atoms in total. The van der Waals surface area contributed by atoms with Gasteiger partial charge in [-0.1, -0.05) is 0 Å². The lowest BCUT2D eigenvalue weighted by Crippen LogP contribution is -2.41. The quantitative estimate of drug-likeness (QED) is 0.604. The zero-order valence-electron chi connectivity index (χ0n) is 17.9. The molecule has 0 bridgehead atoms. The van der Waals surface area contributed by atoms with Gasteiger partial charge < -0.3 is 20.7 Å². The number of aryl methyl sites for hydroxylation is 1. The molecular weight excluding hydrogens is 373 g/mol. The number of hydrogen-bond acceptors (Lipinski definition) is 4. The van der Waals surface area contributed by atoms with Gasteiger partial charge in [-0.25, -0.2) is 9.18 Å². The molecule has 2 rings (SSSR count). The van der Waals surface area contributed by atoms with E-state index in [1.807, 2.05) is 20.8 Å². The Kier molecular flexibility index (Phi) is 8.44. The molecule has 0 aliphatic heterocycles. The lowest BCUT2D eigenvalue weighted by Gasteiger charge is -2.29. The smallest absolute Gasteiger partial charge is 0.407 e. The minimum Gasteiger partial charge on any atom is -0.444 e. The third-order valence-electron chi connectivity index (χ3n) is 4.93. The number of carbonyl (C=O) groups is 2. The molecule has 0 saturated heterocycles. The van der Waals surface area contributed by atoms with E-state index in [0.717, 1.165) is 31.2 Å². The van der Waals surface area contributed by atoms with Gasteiger partial charge in [-0.3, -0.25) is 4.79 Å². The second-order valence-corrected chi connectivity index (χ2v) is 8.83. The van der Waals surface area contributed by atoms with Crippen LogP contribution in [-0.2, 0) is 4.74 Å². The lowest BCUT2D eigenvalue weighted by molar-refractivity contribution is 0.0527. The molecule has 0 atom stereocenters. The monoisotopic (exact) mass is 407 g/mol. The lowest BCUT2D eigenvalue weighted by atomic mass is 9.86. The van der Waals surface area contributed by atoms with Gasteiger partial charge in [0.25, 0.3) is 5.91 Å². The number of nitrogens with one attached hydrogen (secondary N) is 3. The van der Waals surface area contributed by atoms with Gasteiger partial charge in [-0.15, -0.1) is 0 Å². The molecule has 1 saturated carbocycles. The number of carbonyl (C=O) groups excluding carboxylic acids is 2. The van der Waals surface area contributed by atoms with Gasteiger partial charge in [-0.2, -0.15) is 0 Å². The number of rotatable bonds is 7. The molecule has 7 heteroatoms. The van der Waals surface area contributed by atoms with Crippen LogP contribution in [0.1, 0.15) is 62.4 Å². The van der Waals surface area contributed by atoms with E-state index in [4.69, 9.17) is 4.74 Å². The molecule has 1 fully saturated rings. The summed E-state index contributed by atoms with van der Waals surface area (Å²) in [5.74, 6) is -0.171. The fraction of sp³-hybridized carbons (Fsp3) is 0.636. The Morgan fingerprint density at radius 2 is 1.76 bits per heavy atom. The van der Waals surface area contributed by atoms with E-state index < -0.39 is 11.7 Å². The first-order valence-corrected chi connectivity index (χ1v) is 10.4. The van der Waals surface area contributed by atoms with Crippen molar-refractivity contribution in [2.24, 2.45) is 5.92 Å². The van der Waals surface area contributed by atoms with Crippen LogP contribution in [0.3, 0.4) is 0 Å². The molecule has 1 aliphatic rings. The minimum atomic E-state index is -0.487. The van der Waals surface area contributed by atoms with Crippen LogP contribution in [0.2, 0.25) is 0 Å². The first-order valence-electron chi connectivity index (χ1n) is 10.4. The molecule has 29 heavy (non-hydrogen) atoms. The van der Waals surface area contributed by atoms with Crippen LogP contribution in [0.25, 0.3) is 0 Å². The molecule has 1 aromatic carbocycles. The van der Waals surface area contributed by atoms with Crippen molar-refractivity contribution in [1.82, 2.24) is 16.0 Å². The molecule has 0 radical (unpaired) electrons. The van der Waals surface area contributed by atoms with Crippen LogP contribution >= 0.6 is 0 Å². The summed E-state index contributed by atoms with van der Waals surface area (Å²) in [6.45, 7) is 9.13. The van der Waals surface area contributed by atoms with E-state index in [-0.39, 0.29) is 11.7 Å². The van der Waals surface area contributed by atoms with E-state index in [1.54, 1.807) is 13.0 Å². The Morgan fingerprint density at radius 3 is 2.38 bits per heavy atom. The maximum Gasteiger partial charge on any atom is 0.407 e. The third kappa shape index (κ3) is 8.81. The van der Waals surface area contributed by atoms with Crippen LogP contribution in [-0.4, -0.2) is 43.3 Å². The second kappa shape index (κ2) is 10.6. The highest BCUT2D eigenvalue weighted by atomic mass is 19.1. The average Bonchev–Trinajstić information content (AvgIpc) is 2.62. The molecule has 3 N–H and O–H groups in total. The largest absolute Gasteiger partial charge is 0.444 e. The van der Waals surface area contributed by atoms with Crippen molar-refractivity contribution < 1.29 is 18.7 Å². The van der Waals surface area contributed by atoms with Crippen LogP contribution in [0.4, 0.5) is 9.18 Å². The van der Waals surface area contributed by atoms with Crippen LogP contribution < -0.4 is 16.0 Å². The highest BCUT2D eigenvalue weighted by Gasteiger charge is 2.22. The maximum atomic E-state index is 13.5. The van der Waals surface area contributed by atoms with E-state index in [0.29, 0.717) is 37.2 Å². The third-order valence-corrected chi connectivity index (χ3v) is 4.93. The van der Waals surface area contributed by atoms with E-state index >= 15 is 0 Å². The zero-order chi connectivity index (χ0) is 21.4. The topological polar surface area (TPSA) is 79.5 Å². The summed E-state index contributed by atoms with van der Waals surface area (Å²) < 4.78 is 18.7. The average molecular weight is 408 g/mol. The molecule has 1 aromatic rings. The van der Waals surface area contributed by atoms with Crippen molar-refractivity contribution in [3.8, 4) is 0 Å². The first kappa shape index (κ1) is 23.1. The molecule has 0 unspecified atom stereocenters. The van der Waals surface area contributed by atoms with Crippen molar-refractivity contribution in [1.29, 1.82) is 0 Å². The van der Waals surface area contributed by atoms with Gasteiger partial charge in [-0.05, 0) is 83.1 Å². The van der Waals surface area contributed by atoms with Crippen LogP contribution in [0, 0.1) is 18.7 Å². The minimum absolute atomic E-state index is 0.221. The van der Waals surface area contributed by atoms with Crippen molar-refractivity contribution in [2.75, 3.05) is 19.6 Å². The highest BCUT2D eigenvalue weighted by Crippen LogP contribution is 2.23. The molecule has 162 valence electrons. The van der Waals surface area contributed by atoms with Gasteiger partial charge in [0, 0.05) is 31.2 Å². The number of halogens is 1. The Bertz CT molecular complexity index is 675. The van der Waals surface area contributed by atoms with Gasteiger partial charge in [0.1, 0.15) is 11.4 Å². The Labute approximate surface area is 173 Å². The van der Waals surface area contributed by atoms with Gasteiger partial charge in [0.15, 0.2) is 0 Å². The van der Waals surface area contributed by atoms with E-state index in [1.165, 1.54) is 12.1 Å². The van der Waals surface area contributed by atoms with Crippen molar-refractivity contribution in [3.63, 3.8) is 0 Å². The predicted octanol–water partition coefficient (Wildman–Crippen LogP) is 3.54. The zero-order valence-corrected chi connectivity index (χ0v) is 17.9. The maximum absolute atomic E-state index is 13.5. The number of ether oxygens (including phenoxy) is 1. The molecule has 1 aliphatic carbocycles. The van der Waals surface area contributed by atoms with Gasteiger partial charge in [0.2, 0.25) is 0 Å². The Balaban J connectivity index is 1.60. The van der Waals surface area contributed by atoms with Crippen LogP contribution in [0.15, 0.2) is 18.2 Å². The number of hydrogen-bond donors (Lipinski definition) is 3. The highest BCUT2D eigenvalue weighted by molar-refractivity contribution is 5.94. The SMILES string of the molecule is Cc1cc(F)cc(C(=O)NC[C@H]2CC[C@@H](NCCNC(=O)OC(C)(C)C)CC2)c1. The normalized spacial score (nSPS) is 19.5. The number of alkyl carbamates (subject to hydrolysis) is 1. The van der Waals surface area contributed by atoms with Gasteiger partial charge >= 0.3 is 6.09 Å². The molecule has 0 aromatic heterocycles. The molecular formula is C22H34FN3O3. The summed E-state index contributed by atoms with van der Waals surface area (Å²) >= 11 is 0. The van der Waals surface area contributed by atoms with Crippen molar-refractivity contribution >= 4 is 12.0 Å². The summed E-state index contributed by atoms with van der Waals surface area (Å²) in [6.07, 6.45) is 3.73. The molecule has 0 heterocycles. The van der Waals surface area contributed by atoms with E-state index in [2.05, 4.69) is 16.0 Å². The Hall–Kier alpha value is -2.15. The van der Waals surface area contributed by atoms with E-state index in [9.17, 15) is 14.0 Å². The van der Waals surface area contributed by atoms with Gasteiger partial charge in [0.05, 0.1) is 0 Å². The molecule has 2 amide bonds. The van der Waals surface area contributed by atoms with Crippen LogP contribution in [0.5, 0.6) is 0 Å². The first-order chi connectivity index (χ1) is 13.6. The second-order valence-electron chi connectivity index (χ2n) is 8.83. The predicted molar refractivity (Wildman–Crippen MR) is 111 cm³/mol. The number of amides is 2. The fourth-order valence-electron chi connectivity index (χ4n) is 3.53. The van der Waals surface area contributed by atoms with Crippen molar-refractivity contribution in [2.45, 2.75) is 65.0 Å². The summed E-state index contributed by atoms with van der Waals surface area (Å²) in [4.78, 5) is 23.8. The number of benzene rings is 1. The summed E-state index contributed by atoms with van der Waals surface area (Å²) in [5.41, 5.74) is 0.622. The summed E-state index contributed by atoms with van der Waals surface area (Å²) in [6, 6.07) is 4.81. The molecule has 0 spiro atoms. The van der Waals surface area contributed by atoms with Crippen molar-refractivity contribution in [3.05, 3.63) is 35.1 Å². The fourth-order valence-corrected chi connectivity index (χ4v) is 3.53. The standard InChI is InChI=1S/C22H34FN3O3/c1-15-11-17(13-18(23)12-15)20(27)26-14-16-5-7-19(8-6-16)24-9-10-25-21(28)29-22(2,3)4/h11-13,16,19,24H,5-10,14H2,1-4H3,(H,25,28)(H,26,27)/t16-,19+. The summed E-state index contributed by atoms with van der Waals surface area (Å²) in [5, 5.41) is 9.14.